The minimum Gasteiger partial charge on any atom is -0.396 e. The molecule has 0 aromatic rings. The maximum atomic E-state index is 4.75. The molecule has 0 atom stereocenters. The molecule has 0 aromatic carbocycles. The first-order valence-corrected chi connectivity index (χ1v) is 2.84. The van der Waals surface area contributed by atoms with Gasteiger partial charge in [0.25, 0.3) is 0 Å². The summed E-state index contributed by atoms with van der Waals surface area (Å²) in [5.74, 6) is 0. The lowest BCUT2D eigenvalue weighted by Crippen LogP contribution is -1.83. The van der Waals surface area contributed by atoms with Gasteiger partial charge >= 0.3 is 0 Å². The number of rotatable bonds is 4. The summed E-state index contributed by atoms with van der Waals surface area (Å²) in [6.07, 6.45) is 3.36. The monoisotopic (exact) mass is 114 g/mol. The van der Waals surface area contributed by atoms with Gasteiger partial charge in [-0.15, -0.1) is 0 Å². The lowest BCUT2D eigenvalue weighted by Gasteiger charge is -1.90. The Hall–Kier alpha value is -0.530. The summed E-state index contributed by atoms with van der Waals surface area (Å²) in [6.45, 7) is 6.30. The fourth-order valence-corrected chi connectivity index (χ4v) is 0.249. The summed E-state index contributed by atoms with van der Waals surface area (Å²) < 4.78 is 0. The fourth-order valence-electron chi connectivity index (χ4n) is 0.249. The largest absolute Gasteiger partial charge is 0.396 e. The van der Waals surface area contributed by atoms with E-state index in [1.165, 1.54) is 0 Å². The topological polar surface area (TPSA) is 21.6 Å². The van der Waals surface area contributed by atoms with Crippen LogP contribution in [-0.4, -0.2) is 12.8 Å². The van der Waals surface area contributed by atoms with Gasteiger partial charge in [0.2, 0.25) is 0 Å². The number of hydrogen-bond acceptors (Lipinski definition) is 2. The van der Waals surface area contributed by atoms with Crippen LogP contribution in [0.3, 0.4) is 0 Å². The molecule has 0 unspecified atom stereocenters. The van der Waals surface area contributed by atoms with Crippen LogP contribution in [0.15, 0.2) is 5.16 Å². The van der Waals surface area contributed by atoms with Crippen LogP contribution in [0.4, 0.5) is 0 Å². The van der Waals surface area contributed by atoms with Crippen LogP contribution < -0.4 is 0 Å². The molecule has 0 fully saturated rings. The van der Waals surface area contributed by atoms with Crippen molar-refractivity contribution in [3.8, 4) is 0 Å². The van der Waals surface area contributed by atoms with Crippen LogP contribution in [0, 0.1) is 6.92 Å². The standard InChI is InChI=1S/C6H12NO/c1-3-5-7-8-6-4-2/h5H,1,3-4,6H2,2H3. The first kappa shape index (κ1) is 7.47. The Morgan fingerprint density at radius 1 is 1.75 bits per heavy atom. The quantitative estimate of drug-likeness (QED) is 0.309. The Labute approximate surface area is 50.5 Å². The van der Waals surface area contributed by atoms with Crippen LogP contribution in [0.25, 0.3) is 0 Å². The second-order valence-corrected chi connectivity index (χ2v) is 1.41. The van der Waals surface area contributed by atoms with Crippen molar-refractivity contribution in [1.82, 2.24) is 0 Å². The summed E-state index contributed by atoms with van der Waals surface area (Å²) >= 11 is 0. The first-order valence-electron chi connectivity index (χ1n) is 2.84. The van der Waals surface area contributed by atoms with Crippen LogP contribution in [0.1, 0.15) is 19.8 Å². The van der Waals surface area contributed by atoms with Crippen molar-refractivity contribution in [2.75, 3.05) is 6.61 Å². The number of nitrogens with zero attached hydrogens (tertiary/aromatic N) is 1. The van der Waals surface area contributed by atoms with Gasteiger partial charge < -0.3 is 4.84 Å². The zero-order valence-electron chi connectivity index (χ0n) is 5.26. The zero-order chi connectivity index (χ0) is 6.24. The highest BCUT2D eigenvalue weighted by molar-refractivity contribution is 5.56. The predicted molar refractivity (Wildman–Crippen MR) is 34.7 cm³/mol. The first-order chi connectivity index (χ1) is 3.91. The summed E-state index contributed by atoms with van der Waals surface area (Å²) in [4.78, 5) is 4.75. The van der Waals surface area contributed by atoms with Crippen molar-refractivity contribution in [3.05, 3.63) is 6.92 Å². The molecule has 0 saturated heterocycles. The smallest absolute Gasteiger partial charge is 0.116 e. The van der Waals surface area contributed by atoms with Gasteiger partial charge in [-0.05, 0) is 19.8 Å². The minimum absolute atomic E-state index is 0.698. The van der Waals surface area contributed by atoms with Crippen LogP contribution in [0.5, 0.6) is 0 Å². The average molecular weight is 114 g/mol. The van der Waals surface area contributed by atoms with Gasteiger partial charge in [-0.3, -0.25) is 0 Å². The highest BCUT2D eigenvalue weighted by Crippen LogP contribution is 1.79. The maximum Gasteiger partial charge on any atom is 0.116 e. The second kappa shape index (κ2) is 6.47. The summed E-state index contributed by atoms with van der Waals surface area (Å²) in [5.41, 5.74) is 0. The zero-order valence-corrected chi connectivity index (χ0v) is 5.26. The molecule has 0 aliphatic heterocycles. The van der Waals surface area contributed by atoms with Crippen molar-refractivity contribution in [3.63, 3.8) is 0 Å². The van der Waals surface area contributed by atoms with Gasteiger partial charge in [0.15, 0.2) is 0 Å². The molecule has 0 aromatic heterocycles. The third-order valence-electron chi connectivity index (χ3n) is 0.574. The molecule has 0 aliphatic rings. The van der Waals surface area contributed by atoms with Crippen LogP contribution >= 0.6 is 0 Å². The predicted octanol–water partition coefficient (Wildman–Crippen LogP) is 1.62. The third-order valence-corrected chi connectivity index (χ3v) is 0.574. The molecule has 0 spiro atoms. The van der Waals surface area contributed by atoms with Gasteiger partial charge in [0, 0.05) is 6.21 Å². The Kier molecular flexibility index (Phi) is 6.04. The average Bonchev–Trinajstić information content (AvgIpc) is 1.81. The molecule has 2 heteroatoms. The lowest BCUT2D eigenvalue weighted by atomic mass is 10.5. The van der Waals surface area contributed by atoms with Crippen molar-refractivity contribution < 1.29 is 4.84 Å². The Bertz CT molecular complexity index is 61.5. The van der Waals surface area contributed by atoms with Gasteiger partial charge in [0.1, 0.15) is 6.61 Å². The molecule has 0 N–H and O–H groups in total. The molecule has 0 aliphatic carbocycles. The summed E-state index contributed by atoms with van der Waals surface area (Å²) in [6, 6.07) is 0. The summed E-state index contributed by atoms with van der Waals surface area (Å²) in [5, 5.41) is 3.59. The van der Waals surface area contributed by atoms with E-state index in [1.807, 2.05) is 6.92 Å². The van der Waals surface area contributed by atoms with E-state index in [4.69, 9.17) is 4.84 Å². The van der Waals surface area contributed by atoms with E-state index in [2.05, 4.69) is 12.1 Å². The highest BCUT2D eigenvalue weighted by Gasteiger charge is 1.73. The van der Waals surface area contributed by atoms with Gasteiger partial charge in [-0.2, -0.15) is 0 Å². The van der Waals surface area contributed by atoms with E-state index < -0.39 is 0 Å². The molecular weight excluding hydrogens is 102 g/mol. The van der Waals surface area contributed by atoms with Gasteiger partial charge in [-0.25, -0.2) is 0 Å². The number of hydrogen-bond donors (Lipinski definition) is 0. The van der Waals surface area contributed by atoms with E-state index in [9.17, 15) is 0 Å². The van der Waals surface area contributed by atoms with Crippen LogP contribution in [0.2, 0.25) is 0 Å². The Morgan fingerprint density at radius 2 is 2.50 bits per heavy atom. The van der Waals surface area contributed by atoms with Crippen molar-refractivity contribution in [2.45, 2.75) is 19.8 Å². The van der Waals surface area contributed by atoms with E-state index in [0.717, 1.165) is 6.42 Å². The van der Waals surface area contributed by atoms with Crippen molar-refractivity contribution in [1.29, 1.82) is 0 Å². The van der Waals surface area contributed by atoms with Gasteiger partial charge in [0.05, 0.1) is 0 Å². The van der Waals surface area contributed by atoms with Crippen molar-refractivity contribution in [2.24, 2.45) is 5.16 Å². The maximum absolute atomic E-state index is 4.75. The molecule has 1 radical (unpaired) electrons. The highest BCUT2D eigenvalue weighted by atomic mass is 16.6. The van der Waals surface area contributed by atoms with Gasteiger partial charge in [-0.1, -0.05) is 12.1 Å². The third kappa shape index (κ3) is 5.47. The second-order valence-electron chi connectivity index (χ2n) is 1.41. The Balaban J connectivity index is 2.80. The molecule has 0 amide bonds. The fraction of sp³-hybridized carbons (Fsp3) is 0.667. The molecule has 2 nitrogen and oxygen atoms in total. The van der Waals surface area contributed by atoms with E-state index in [0.29, 0.717) is 13.0 Å². The van der Waals surface area contributed by atoms with Crippen LogP contribution in [-0.2, 0) is 4.84 Å². The molecule has 8 heavy (non-hydrogen) atoms. The molecular formula is C6H12NO. The molecule has 0 heterocycles. The Morgan fingerprint density at radius 3 is 3.00 bits per heavy atom. The van der Waals surface area contributed by atoms with Crippen molar-refractivity contribution >= 4 is 6.21 Å². The van der Waals surface area contributed by atoms with E-state index in [-0.39, 0.29) is 0 Å². The molecule has 0 rings (SSSR count). The lowest BCUT2D eigenvalue weighted by molar-refractivity contribution is 0.146. The summed E-state index contributed by atoms with van der Waals surface area (Å²) in [7, 11) is 0. The van der Waals surface area contributed by atoms with E-state index in [1.54, 1.807) is 6.21 Å². The molecule has 0 saturated carbocycles. The number of oxime groups is 1. The molecule has 47 valence electrons. The SMILES string of the molecule is [CH2]CC=NOCCC. The molecule has 0 bridgehead atoms. The van der Waals surface area contributed by atoms with E-state index >= 15 is 0 Å². The normalized spacial score (nSPS) is 10.2. The minimum atomic E-state index is 0.698.